The van der Waals surface area contributed by atoms with Crippen LogP contribution < -0.4 is 10.1 Å². The molecule has 0 bridgehead atoms. The van der Waals surface area contributed by atoms with E-state index < -0.39 is 5.97 Å². The topological polar surface area (TPSA) is 117 Å². The monoisotopic (exact) mass is 346 g/mol. The highest BCUT2D eigenvalue weighted by Gasteiger charge is 2.19. The van der Waals surface area contributed by atoms with Crippen molar-refractivity contribution in [3.63, 3.8) is 0 Å². The Hall–Kier alpha value is -2.78. The van der Waals surface area contributed by atoms with Crippen molar-refractivity contribution in [3.05, 3.63) is 35.1 Å². The van der Waals surface area contributed by atoms with Gasteiger partial charge >= 0.3 is 5.97 Å². The van der Waals surface area contributed by atoms with E-state index in [4.69, 9.17) is 9.84 Å². The first-order chi connectivity index (χ1) is 11.6. The fourth-order valence-corrected chi connectivity index (χ4v) is 3.23. The summed E-state index contributed by atoms with van der Waals surface area (Å²) < 4.78 is 5.39. The standard InChI is InChI=1S/C15H14N4O4S/c1-8-10-12(17-7-18-14(10)24-11(8)15(21)22)19-9-3-2-4-16-13(9)23-6-5-20/h2-4,7,20H,5-6H2,1H3,(H,21,22)(H,17,18,19). The average Bonchev–Trinajstić information content (AvgIpc) is 2.92. The first-order valence-corrected chi connectivity index (χ1v) is 7.86. The number of carbonyl (C=O) groups is 1. The van der Waals surface area contributed by atoms with E-state index in [0.717, 1.165) is 11.3 Å². The van der Waals surface area contributed by atoms with Gasteiger partial charge in [-0.3, -0.25) is 0 Å². The van der Waals surface area contributed by atoms with E-state index in [-0.39, 0.29) is 18.1 Å². The van der Waals surface area contributed by atoms with Crippen LogP contribution in [0.5, 0.6) is 5.88 Å². The normalized spacial score (nSPS) is 10.8. The molecule has 0 spiro atoms. The van der Waals surface area contributed by atoms with Gasteiger partial charge in [-0.05, 0) is 24.6 Å². The summed E-state index contributed by atoms with van der Waals surface area (Å²) in [6.45, 7) is 1.72. The lowest BCUT2D eigenvalue weighted by Crippen LogP contribution is -2.06. The predicted molar refractivity (Wildman–Crippen MR) is 89.2 cm³/mol. The molecule has 3 aromatic heterocycles. The highest BCUT2D eigenvalue weighted by atomic mass is 32.1. The molecule has 0 aliphatic rings. The van der Waals surface area contributed by atoms with Gasteiger partial charge in [0.1, 0.15) is 34.1 Å². The third-order valence-corrected chi connectivity index (χ3v) is 4.46. The predicted octanol–water partition coefficient (Wildman–Crippen LogP) is 2.21. The lowest BCUT2D eigenvalue weighted by Gasteiger charge is -2.11. The van der Waals surface area contributed by atoms with E-state index in [1.807, 2.05) is 0 Å². The van der Waals surface area contributed by atoms with E-state index >= 15 is 0 Å². The number of carboxylic acids is 1. The number of rotatable bonds is 6. The summed E-state index contributed by atoms with van der Waals surface area (Å²) >= 11 is 1.10. The SMILES string of the molecule is Cc1c(C(=O)O)sc2ncnc(Nc3cccnc3OCCO)c12. The maximum atomic E-state index is 11.3. The lowest BCUT2D eigenvalue weighted by molar-refractivity contribution is 0.0701. The zero-order chi connectivity index (χ0) is 17.1. The molecular formula is C15H14N4O4S. The first-order valence-electron chi connectivity index (χ1n) is 7.05. The van der Waals surface area contributed by atoms with Gasteiger partial charge in [-0.25, -0.2) is 19.7 Å². The third-order valence-electron chi connectivity index (χ3n) is 3.28. The molecule has 0 radical (unpaired) electrons. The number of hydrogen-bond donors (Lipinski definition) is 3. The quantitative estimate of drug-likeness (QED) is 0.622. The van der Waals surface area contributed by atoms with E-state index in [2.05, 4.69) is 20.3 Å². The van der Waals surface area contributed by atoms with Gasteiger partial charge in [0.2, 0.25) is 5.88 Å². The molecule has 0 atom stereocenters. The molecular weight excluding hydrogens is 332 g/mol. The van der Waals surface area contributed by atoms with Gasteiger partial charge in [0, 0.05) is 6.20 Å². The maximum Gasteiger partial charge on any atom is 0.346 e. The van der Waals surface area contributed by atoms with Crippen molar-refractivity contribution in [2.45, 2.75) is 6.92 Å². The summed E-state index contributed by atoms with van der Waals surface area (Å²) in [5, 5.41) is 21.9. The molecule has 0 aliphatic carbocycles. The van der Waals surface area contributed by atoms with Crippen LogP contribution in [0, 0.1) is 6.92 Å². The molecule has 3 rings (SSSR count). The van der Waals surface area contributed by atoms with E-state index in [1.165, 1.54) is 6.33 Å². The molecule has 124 valence electrons. The minimum absolute atomic E-state index is 0.117. The zero-order valence-corrected chi connectivity index (χ0v) is 13.5. The number of fused-ring (bicyclic) bond motifs is 1. The number of aliphatic hydroxyl groups is 1. The molecule has 0 aliphatic heterocycles. The molecule has 24 heavy (non-hydrogen) atoms. The zero-order valence-electron chi connectivity index (χ0n) is 12.7. The number of carboxylic acid groups (broad SMARTS) is 1. The van der Waals surface area contributed by atoms with Crippen molar-refractivity contribution in [3.8, 4) is 5.88 Å². The fourth-order valence-electron chi connectivity index (χ4n) is 2.24. The Bertz CT molecular complexity index is 896. The van der Waals surface area contributed by atoms with Gasteiger partial charge in [-0.2, -0.15) is 0 Å². The van der Waals surface area contributed by atoms with Crippen LogP contribution in [0.15, 0.2) is 24.7 Å². The number of nitrogens with one attached hydrogen (secondary N) is 1. The van der Waals surface area contributed by atoms with Crippen LogP contribution in [0.4, 0.5) is 11.5 Å². The number of hydrogen-bond acceptors (Lipinski definition) is 8. The van der Waals surface area contributed by atoms with Crippen molar-refractivity contribution in [2.75, 3.05) is 18.5 Å². The number of thiophene rings is 1. The maximum absolute atomic E-state index is 11.3. The molecule has 0 unspecified atom stereocenters. The summed E-state index contributed by atoms with van der Waals surface area (Å²) in [6.07, 6.45) is 2.95. The first kappa shape index (κ1) is 16.1. The second kappa shape index (κ2) is 6.77. The molecule has 0 amide bonds. The Morgan fingerprint density at radius 1 is 1.38 bits per heavy atom. The van der Waals surface area contributed by atoms with Gasteiger partial charge in [-0.15, -0.1) is 11.3 Å². The summed E-state index contributed by atoms with van der Waals surface area (Å²) in [7, 11) is 0. The van der Waals surface area contributed by atoms with Crippen molar-refractivity contribution in [2.24, 2.45) is 0 Å². The third kappa shape index (κ3) is 2.99. The van der Waals surface area contributed by atoms with Crippen LogP contribution in [0.1, 0.15) is 15.2 Å². The van der Waals surface area contributed by atoms with Gasteiger partial charge in [0.15, 0.2) is 0 Å². The van der Waals surface area contributed by atoms with E-state index in [1.54, 1.807) is 25.3 Å². The Labute approximate surface area is 140 Å². The number of nitrogens with zero attached hydrogens (tertiary/aromatic N) is 3. The number of aryl methyl sites for hydroxylation is 1. The Kier molecular flexibility index (Phi) is 4.54. The molecule has 3 aromatic rings. The van der Waals surface area contributed by atoms with Crippen molar-refractivity contribution >= 4 is 39.0 Å². The second-order valence-corrected chi connectivity index (χ2v) is 5.82. The van der Waals surface area contributed by atoms with Crippen molar-refractivity contribution in [1.82, 2.24) is 15.0 Å². The number of anilines is 2. The molecule has 9 heteroatoms. The largest absolute Gasteiger partial charge is 0.477 e. The van der Waals surface area contributed by atoms with Crippen LogP contribution in [0.2, 0.25) is 0 Å². The molecule has 3 heterocycles. The summed E-state index contributed by atoms with van der Waals surface area (Å²) in [4.78, 5) is 24.6. The Morgan fingerprint density at radius 2 is 2.21 bits per heavy atom. The van der Waals surface area contributed by atoms with Gasteiger partial charge < -0.3 is 20.3 Å². The van der Waals surface area contributed by atoms with Crippen molar-refractivity contribution < 1.29 is 19.7 Å². The summed E-state index contributed by atoms with van der Waals surface area (Å²) in [6, 6.07) is 3.49. The summed E-state index contributed by atoms with van der Waals surface area (Å²) in [5.74, 6) is -0.192. The number of ether oxygens (including phenoxy) is 1. The summed E-state index contributed by atoms with van der Waals surface area (Å²) in [5.41, 5.74) is 1.17. The van der Waals surface area contributed by atoms with Crippen LogP contribution in [0.25, 0.3) is 10.2 Å². The van der Waals surface area contributed by atoms with Gasteiger partial charge in [0.25, 0.3) is 0 Å². The highest BCUT2D eigenvalue weighted by molar-refractivity contribution is 7.20. The highest BCUT2D eigenvalue weighted by Crippen LogP contribution is 2.35. The minimum Gasteiger partial charge on any atom is -0.477 e. The Balaban J connectivity index is 2.04. The van der Waals surface area contributed by atoms with Crippen LogP contribution in [-0.4, -0.2) is 44.3 Å². The second-order valence-electron chi connectivity index (χ2n) is 4.82. The Morgan fingerprint density at radius 3 is 2.96 bits per heavy atom. The molecule has 0 fully saturated rings. The minimum atomic E-state index is -0.991. The molecule has 0 saturated heterocycles. The van der Waals surface area contributed by atoms with E-state index in [0.29, 0.717) is 33.2 Å². The smallest absolute Gasteiger partial charge is 0.346 e. The molecule has 0 aromatic carbocycles. The number of aliphatic hydroxyl groups excluding tert-OH is 1. The van der Waals surface area contributed by atoms with Gasteiger partial charge in [0.05, 0.1) is 12.0 Å². The van der Waals surface area contributed by atoms with Crippen molar-refractivity contribution in [1.29, 1.82) is 0 Å². The van der Waals surface area contributed by atoms with Crippen LogP contribution in [0.3, 0.4) is 0 Å². The average molecular weight is 346 g/mol. The number of aromatic carboxylic acids is 1. The molecule has 3 N–H and O–H groups in total. The lowest BCUT2D eigenvalue weighted by atomic mass is 10.2. The molecule has 0 saturated carbocycles. The van der Waals surface area contributed by atoms with Crippen LogP contribution in [-0.2, 0) is 0 Å². The van der Waals surface area contributed by atoms with E-state index in [9.17, 15) is 9.90 Å². The number of aromatic nitrogens is 3. The molecule has 8 nitrogen and oxygen atoms in total. The fraction of sp³-hybridized carbons (Fsp3) is 0.200. The number of pyridine rings is 1. The van der Waals surface area contributed by atoms with Crippen LogP contribution >= 0.6 is 11.3 Å². The van der Waals surface area contributed by atoms with Gasteiger partial charge in [-0.1, -0.05) is 0 Å².